The van der Waals surface area contributed by atoms with Crippen LogP contribution < -0.4 is 11.1 Å². The molecule has 0 radical (unpaired) electrons. The zero-order chi connectivity index (χ0) is 13.5. The lowest BCUT2D eigenvalue weighted by Gasteiger charge is -2.10. The molecule has 0 aliphatic carbocycles. The number of rotatable bonds is 6. The van der Waals surface area contributed by atoms with Crippen molar-refractivity contribution in [2.75, 3.05) is 30.9 Å². The molecule has 5 heteroatoms. The highest BCUT2D eigenvalue weighted by molar-refractivity contribution is 5.90. The normalized spacial score (nSPS) is 18.4. The van der Waals surface area contributed by atoms with Crippen LogP contribution in [0.15, 0.2) is 24.3 Å². The molecule has 1 aliphatic rings. The molecular weight excluding hydrogens is 244 g/mol. The second kappa shape index (κ2) is 7.11. The van der Waals surface area contributed by atoms with Crippen molar-refractivity contribution >= 4 is 17.3 Å². The van der Waals surface area contributed by atoms with Gasteiger partial charge in [0.05, 0.1) is 25.7 Å². The van der Waals surface area contributed by atoms with Gasteiger partial charge in [0.2, 0.25) is 5.91 Å². The molecule has 19 heavy (non-hydrogen) atoms. The minimum absolute atomic E-state index is 0.0582. The molecule has 2 rings (SSSR count). The third kappa shape index (κ3) is 4.89. The number of carbonyl (C=O) groups is 1. The number of hydrogen-bond donors (Lipinski definition) is 2. The SMILES string of the molecule is Nc1ccc(NC(=O)CCOCC2CCCO2)cc1. The van der Waals surface area contributed by atoms with Crippen LogP contribution in [-0.2, 0) is 14.3 Å². The summed E-state index contributed by atoms with van der Waals surface area (Å²) in [6.45, 7) is 1.82. The average Bonchev–Trinajstić information content (AvgIpc) is 2.91. The summed E-state index contributed by atoms with van der Waals surface area (Å²) in [5.74, 6) is -0.0582. The first-order chi connectivity index (χ1) is 9.24. The van der Waals surface area contributed by atoms with Crippen LogP contribution in [0.4, 0.5) is 11.4 Å². The highest BCUT2D eigenvalue weighted by atomic mass is 16.5. The van der Waals surface area contributed by atoms with Gasteiger partial charge in [-0.15, -0.1) is 0 Å². The highest BCUT2D eigenvalue weighted by Crippen LogP contribution is 2.12. The Morgan fingerprint density at radius 1 is 1.42 bits per heavy atom. The van der Waals surface area contributed by atoms with Gasteiger partial charge in [0.25, 0.3) is 0 Å². The predicted molar refractivity (Wildman–Crippen MR) is 73.9 cm³/mol. The molecule has 0 spiro atoms. The lowest BCUT2D eigenvalue weighted by molar-refractivity contribution is -0.117. The van der Waals surface area contributed by atoms with Gasteiger partial charge < -0.3 is 20.5 Å². The first kappa shape index (κ1) is 13.8. The molecule has 3 N–H and O–H groups in total. The summed E-state index contributed by atoms with van der Waals surface area (Å²) in [6.07, 6.45) is 2.71. The molecule has 0 saturated carbocycles. The maximum atomic E-state index is 11.6. The minimum atomic E-state index is -0.0582. The summed E-state index contributed by atoms with van der Waals surface area (Å²) < 4.78 is 10.9. The standard InChI is InChI=1S/C14H20N2O3/c15-11-3-5-12(6-4-11)16-14(17)7-9-18-10-13-2-1-8-19-13/h3-6,13H,1-2,7-10,15H2,(H,16,17). The second-order valence-electron chi connectivity index (χ2n) is 4.63. The van der Waals surface area contributed by atoms with Crippen molar-refractivity contribution in [2.24, 2.45) is 0 Å². The lowest BCUT2D eigenvalue weighted by atomic mass is 10.2. The van der Waals surface area contributed by atoms with E-state index in [2.05, 4.69) is 5.32 Å². The van der Waals surface area contributed by atoms with Crippen molar-refractivity contribution in [1.29, 1.82) is 0 Å². The van der Waals surface area contributed by atoms with Crippen LogP contribution in [0.2, 0.25) is 0 Å². The van der Waals surface area contributed by atoms with Crippen molar-refractivity contribution < 1.29 is 14.3 Å². The molecule has 0 aromatic heterocycles. The zero-order valence-corrected chi connectivity index (χ0v) is 10.9. The molecule has 1 saturated heterocycles. The Kier molecular flexibility index (Phi) is 5.18. The van der Waals surface area contributed by atoms with E-state index in [0.717, 1.165) is 25.1 Å². The number of carbonyl (C=O) groups excluding carboxylic acids is 1. The number of anilines is 2. The van der Waals surface area contributed by atoms with E-state index in [9.17, 15) is 4.79 Å². The second-order valence-corrected chi connectivity index (χ2v) is 4.63. The van der Waals surface area contributed by atoms with E-state index in [1.165, 1.54) is 0 Å². The van der Waals surface area contributed by atoms with Crippen LogP contribution >= 0.6 is 0 Å². The van der Waals surface area contributed by atoms with Crippen LogP contribution in [0.3, 0.4) is 0 Å². The summed E-state index contributed by atoms with van der Waals surface area (Å²) in [5, 5.41) is 2.79. The number of hydrogen-bond acceptors (Lipinski definition) is 4. The zero-order valence-electron chi connectivity index (χ0n) is 10.9. The fourth-order valence-corrected chi connectivity index (χ4v) is 1.95. The molecule has 1 atom stereocenters. The molecule has 1 aromatic carbocycles. The average molecular weight is 264 g/mol. The van der Waals surface area contributed by atoms with Crippen molar-refractivity contribution in [2.45, 2.75) is 25.4 Å². The number of ether oxygens (including phenoxy) is 2. The topological polar surface area (TPSA) is 73.6 Å². The van der Waals surface area contributed by atoms with Crippen molar-refractivity contribution in [1.82, 2.24) is 0 Å². The third-order valence-corrected chi connectivity index (χ3v) is 3.00. The van der Waals surface area contributed by atoms with Crippen molar-refractivity contribution in [3.05, 3.63) is 24.3 Å². The number of benzene rings is 1. The Morgan fingerprint density at radius 3 is 2.89 bits per heavy atom. The molecular formula is C14H20N2O3. The van der Waals surface area contributed by atoms with Crippen molar-refractivity contribution in [3.8, 4) is 0 Å². The van der Waals surface area contributed by atoms with E-state index >= 15 is 0 Å². The van der Waals surface area contributed by atoms with Crippen LogP contribution in [0.25, 0.3) is 0 Å². The first-order valence-electron chi connectivity index (χ1n) is 6.59. The predicted octanol–water partition coefficient (Wildman–Crippen LogP) is 1.79. The van der Waals surface area contributed by atoms with Gasteiger partial charge in [-0.3, -0.25) is 4.79 Å². The summed E-state index contributed by atoms with van der Waals surface area (Å²) in [5.41, 5.74) is 7.00. The van der Waals surface area contributed by atoms with Gasteiger partial charge in [-0.25, -0.2) is 0 Å². The summed E-state index contributed by atoms with van der Waals surface area (Å²) in [7, 11) is 0. The lowest BCUT2D eigenvalue weighted by Crippen LogP contribution is -2.18. The van der Waals surface area contributed by atoms with E-state index in [4.69, 9.17) is 15.2 Å². The van der Waals surface area contributed by atoms with E-state index in [-0.39, 0.29) is 12.0 Å². The van der Waals surface area contributed by atoms with Crippen molar-refractivity contribution in [3.63, 3.8) is 0 Å². The molecule has 0 bridgehead atoms. The van der Waals surface area contributed by atoms with Crippen LogP contribution in [0.5, 0.6) is 0 Å². The summed E-state index contributed by atoms with van der Waals surface area (Å²) in [4.78, 5) is 11.6. The number of nitrogens with one attached hydrogen (secondary N) is 1. The van der Waals surface area contributed by atoms with E-state index in [1.807, 2.05) is 0 Å². The van der Waals surface area contributed by atoms with E-state index in [0.29, 0.717) is 25.3 Å². The summed E-state index contributed by atoms with van der Waals surface area (Å²) >= 11 is 0. The van der Waals surface area contributed by atoms with Gasteiger partial charge >= 0.3 is 0 Å². The number of nitrogens with two attached hydrogens (primary N) is 1. The van der Waals surface area contributed by atoms with Gasteiger partial charge in [0, 0.05) is 18.0 Å². The maximum Gasteiger partial charge on any atom is 0.226 e. The smallest absolute Gasteiger partial charge is 0.226 e. The Labute approximate surface area is 113 Å². The largest absolute Gasteiger partial charge is 0.399 e. The Balaban J connectivity index is 1.60. The monoisotopic (exact) mass is 264 g/mol. The van der Waals surface area contributed by atoms with Crippen LogP contribution in [0, 0.1) is 0 Å². The highest BCUT2D eigenvalue weighted by Gasteiger charge is 2.15. The van der Waals surface area contributed by atoms with E-state index in [1.54, 1.807) is 24.3 Å². The molecule has 1 fully saturated rings. The fourth-order valence-electron chi connectivity index (χ4n) is 1.95. The Morgan fingerprint density at radius 2 is 2.21 bits per heavy atom. The van der Waals surface area contributed by atoms with Gasteiger partial charge in [-0.1, -0.05) is 0 Å². The first-order valence-corrected chi connectivity index (χ1v) is 6.59. The van der Waals surface area contributed by atoms with Gasteiger partial charge in [-0.05, 0) is 37.1 Å². The molecule has 1 unspecified atom stereocenters. The number of amides is 1. The number of nitrogen functional groups attached to an aromatic ring is 1. The maximum absolute atomic E-state index is 11.6. The summed E-state index contributed by atoms with van der Waals surface area (Å²) in [6, 6.07) is 7.06. The quantitative estimate of drug-likeness (QED) is 0.607. The van der Waals surface area contributed by atoms with E-state index < -0.39 is 0 Å². The Bertz CT molecular complexity index is 400. The molecule has 1 aromatic rings. The van der Waals surface area contributed by atoms with Crippen LogP contribution in [0.1, 0.15) is 19.3 Å². The molecule has 1 heterocycles. The van der Waals surface area contributed by atoms with Crippen LogP contribution in [-0.4, -0.2) is 31.8 Å². The van der Waals surface area contributed by atoms with Gasteiger partial charge in [0.1, 0.15) is 0 Å². The fraction of sp³-hybridized carbons (Fsp3) is 0.500. The Hall–Kier alpha value is -1.59. The molecule has 1 amide bonds. The third-order valence-electron chi connectivity index (χ3n) is 3.00. The van der Waals surface area contributed by atoms with Gasteiger partial charge in [0.15, 0.2) is 0 Å². The molecule has 1 aliphatic heterocycles. The molecule has 104 valence electrons. The van der Waals surface area contributed by atoms with Gasteiger partial charge in [-0.2, -0.15) is 0 Å². The minimum Gasteiger partial charge on any atom is -0.399 e. The molecule has 5 nitrogen and oxygen atoms in total.